The van der Waals surface area contributed by atoms with E-state index in [1.807, 2.05) is 17.8 Å². The molecule has 0 fully saturated rings. The summed E-state index contributed by atoms with van der Waals surface area (Å²) >= 11 is 1.87. The number of hydrogen-bond donors (Lipinski definition) is 0. The molecule has 3 aromatic rings. The van der Waals surface area contributed by atoms with Gasteiger partial charge in [0.25, 0.3) is 0 Å². The van der Waals surface area contributed by atoms with E-state index in [1.54, 1.807) is 7.11 Å². The highest BCUT2D eigenvalue weighted by Gasteiger charge is 2.25. The van der Waals surface area contributed by atoms with Crippen molar-refractivity contribution in [3.05, 3.63) is 65.3 Å². The van der Waals surface area contributed by atoms with Crippen molar-refractivity contribution >= 4 is 34.4 Å². The van der Waals surface area contributed by atoms with Crippen LogP contribution >= 0.6 is 11.8 Å². The first-order valence-corrected chi connectivity index (χ1v) is 10.8. The Hall–Kier alpha value is -1.73. The summed E-state index contributed by atoms with van der Waals surface area (Å²) in [7, 11) is 1.72. The highest BCUT2D eigenvalue weighted by atomic mass is 127. The second-order valence-corrected chi connectivity index (χ2v) is 8.05. The number of nitrogens with zero attached hydrogens (tertiary/aromatic N) is 2. The smallest absolute Gasteiger partial charge is 0.213 e. The van der Waals surface area contributed by atoms with Crippen molar-refractivity contribution < 1.29 is 33.3 Å². The number of pyridine rings is 1. The molecule has 0 saturated carbocycles. The summed E-state index contributed by atoms with van der Waals surface area (Å²) in [6, 6.07) is 19.4. The molecular weight excluding hydrogens is 491 g/mol. The Balaban J connectivity index is 0.00000240. The van der Waals surface area contributed by atoms with Crippen LogP contribution < -0.4 is 38.2 Å². The van der Waals surface area contributed by atoms with Crippen LogP contribution in [0.5, 0.6) is 5.75 Å². The number of rotatable bonds is 6. The number of aryl methyl sites for hydroxylation is 1. The number of unbranched alkanes of at least 4 members (excludes halogenated alkanes) is 1. The van der Waals surface area contributed by atoms with E-state index < -0.39 is 0 Å². The molecule has 1 aliphatic rings. The number of halogens is 1. The first-order valence-electron chi connectivity index (χ1n) is 10.0. The van der Waals surface area contributed by atoms with E-state index in [1.165, 1.54) is 45.1 Å². The molecule has 5 heteroatoms. The van der Waals surface area contributed by atoms with Crippen LogP contribution in [0.2, 0.25) is 0 Å². The molecular formula is C24H27IN2OS. The fraction of sp³-hybridized carbons (Fsp3) is 0.292. The number of hydrogen-bond acceptors (Lipinski definition) is 3. The van der Waals surface area contributed by atoms with E-state index in [2.05, 4.69) is 77.9 Å². The minimum atomic E-state index is 0. The lowest BCUT2D eigenvalue weighted by atomic mass is 10.1. The number of fused-ring (bicyclic) bond motifs is 2. The third kappa shape index (κ3) is 4.40. The Morgan fingerprint density at radius 1 is 1.07 bits per heavy atom. The minimum absolute atomic E-state index is 0. The van der Waals surface area contributed by atoms with Gasteiger partial charge < -0.3 is 33.6 Å². The average Bonchev–Trinajstić information content (AvgIpc) is 3.08. The lowest BCUT2D eigenvalue weighted by molar-refractivity contribution is -0.669. The molecule has 2 aromatic carbocycles. The summed E-state index contributed by atoms with van der Waals surface area (Å²) in [6.45, 7) is 6.44. The molecule has 2 heterocycles. The molecule has 4 rings (SSSR count). The number of ether oxygens (including phenoxy) is 1. The molecule has 1 aromatic heterocycles. The number of thioether (sulfide) groups is 1. The largest absolute Gasteiger partial charge is 1.00 e. The SMILES string of the molecule is CCCCN1C(=Cc2ccc3cc(OC)ccc3[n+]2CC)Sc2ccccc21.[I-]. The predicted octanol–water partition coefficient (Wildman–Crippen LogP) is 2.87. The lowest BCUT2D eigenvalue weighted by Crippen LogP contribution is -3.00. The predicted molar refractivity (Wildman–Crippen MR) is 119 cm³/mol. The molecule has 1 aliphatic heterocycles. The summed E-state index contributed by atoms with van der Waals surface area (Å²) in [6.07, 6.45) is 4.73. The van der Waals surface area contributed by atoms with Gasteiger partial charge in [0.15, 0.2) is 0 Å². The van der Waals surface area contributed by atoms with Crippen molar-refractivity contribution in [1.29, 1.82) is 0 Å². The Labute approximate surface area is 194 Å². The van der Waals surface area contributed by atoms with Crippen LogP contribution in [-0.2, 0) is 6.54 Å². The van der Waals surface area contributed by atoms with Gasteiger partial charge in [-0.15, -0.1) is 0 Å². The van der Waals surface area contributed by atoms with Crippen molar-refractivity contribution in [2.24, 2.45) is 0 Å². The highest BCUT2D eigenvalue weighted by Crippen LogP contribution is 2.46. The second kappa shape index (κ2) is 9.85. The monoisotopic (exact) mass is 518 g/mol. The van der Waals surface area contributed by atoms with Crippen molar-refractivity contribution in [2.75, 3.05) is 18.6 Å². The lowest BCUT2D eigenvalue weighted by Gasteiger charge is -2.20. The quantitative estimate of drug-likeness (QED) is 0.369. The van der Waals surface area contributed by atoms with Crippen LogP contribution in [0.4, 0.5) is 5.69 Å². The molecule has 0 atom stereocenters. The molecule has 0 amide bonds. The number of methoxy groups -OCH3 is 1. The third-order valence-corrected chi connectivity index (χ3v) is 6.34. The van der Waals surface area contributed by atoms with Crippen LogP contribution in [0, 0.1) is 0 Å². The van der Waals surface area contributed by atoms with Crippen molar-refractivity contribution in [1.82, 2.24) is 0 Å². The van der Waals surface area contributed by atoms with Gasteiger partial charge in [0.05, 0.1) is 23.2 Å². The van der Waals surface area contributed by atoms with Gasteiger partial charge in [-0.2, -0.15) is 4.57 Å². The Bertz CT molecular complexity index is 1030. The molecule has 0 radical (unpaired) electrons. The van der Waals surface area contributed by atoms with Gasteiger partial charge in [-0.3, -0.25) is 0 Å². The first kappa shape index (κ1) is 22.0. The molecule has 0 aliphatic carbocycles. The van der Waals surface area contributed by atoms with E-state index in [0.29, 0.717) is 0 Å². The molecule has 29 heavy (non-hydrogen) atoms. The average molecular weight is 518 g/mol. The minimum Gasteiger partial charge on any atom is -1.00 e. The van der Waals surface area contributed by atoms with Gasteiger partial charge in [0.1, 0.15) is 12.3 Å². The van der Waals surface area contributed by atoms with Crippen LogP contribution in [0.25, 0.3) is 17.0 Å². The molecule has 0 bridgehead atoms. The summed E-state index contributed by atoms with van der Waals surface area (Å²) in [5.74, 6) is 0.897. The van der Waals surface area contributed by atoms with Crippen LogP contribution in [0.1, 0.15) is 32.4 Å². The second-order valence-electron chi connectivity index (χ2n) is 6.98. The van der Waals surface area contributed by atoms with E-state index in [9.17, 15) is 0 Å². The van der Waals surface area contributed by atoms with E-state index in [-0.39, 0.29) is 24.0 Å². The molecule has 0 unspecified atom stereocenters. The van der Waals surface area contributed by atoms with E-state index in [0.717, 1.165) is 18.8 Å². The van der Waals surface area contributed by atoms with E-state index >= 15 is 0 Å². The molecule has 152 valence electrons. The van der Waals surface area contributed by atoms with Gasteiger partial charge in [0, 0.05) is 29.6 Å². The maximum absolute atomic E-state index is 5.39. The van der Waals surface area contributed by atoms with E-state index in [4.69, 9.17) is 4.74 Å². The maximum atomic E-state index is 5.39. The molecule has 0 N–H and O–H groups in total. The molecule has 0 spiro atoms. The zero-order chi connectivity index (χ0) is 19.5. The molecule has 3 nitrogen and oxygen atoms in total. The fourth-order valence-electron chi connectivity index (χ4n) is 3.76. The Morgan fingerprint density at radius 2 is 1.90 bits per heavy atom. The van der Waals surface area contributed by atoms with Gasteiger partial charge in [0.2, 0.25) is 11.2 Å². The van der Waals surface area contributed by atoms with Crippen LogP contribution in [0.15, 0.2) is 64.5 Å². The summed E-state index contributed by atoms with van der Waals surface area (Å²) in [5.41, 5.74) is 3.80. The highest BCUT2D eigenvalue weighted by molar-refractivity contribution is 8.03. The van der Waals surface area contributed by atoms with Crippen molar-refractivity contribution in [2.45, 2.75) is 38.1 Å². The standard InChI is InChI=1S/C24H27N2OS.HI/c1-4-6-15-26-22-9-7-8-10-23(22)28-24(26)17-19-12-11-18-16-20(27-3)13-14-21(18)25(19)5-2;/h7-14,16-17H,4-6,15H2,1-3H3;1H/q+1;/p-1. The van der Waals surface area contributed by atoms with Crippen LogP contribution in [-0.4, -0.2) is 13.7 Å². The van der Waals surface area contributed by atoms with Crippen molar-refractivity contribution in [3.63, 3.8) is 0 Å². The first-order chi connectivity index (χ1) is 13.7. The van der Waals surface area contributed by atoms with Gasteiger partial charge in [-0.25, -0.2) is 0 Å². The van der Waals surface area contributed by atoms with Crippen LogP contribution in [0.3, 0.4) is 0 Å². The zero-order valence-corrected chi connectivity index (χ0v) is 20.2. The maximum Gasteiger partial charge on any atom is 0.213 e. The van der Waals surface area contributed by atoms with Gasteiger partial charge in [-0.05, 0) is 43.7 Å². The normalized spacial score (nSPS) is 14.2. The zero-order valence-electron chi connectivity index (χ0n) is 17.2. The summed E-state index contributed by atoms with van der Waals surface area (Å²) in [4.78, 5) is 3.82. The summed E-state index contributed by atoms with van der Waals surface area (Å²) < 4.78 is 7.77. The topological polar surface area (TPSA) is 16.4 Å². The number of benzene rings is 2. The Morgan fingerprint density at radius 3 is 2.66 bits per heavy atom. The number of anilines is 1. The third-order valence-electron chi connectivity index (χ3n) is 5.23. The Kier molecular flexibility index (Phi) is 7.46. The fourth-order valence-corrected chi connectivity index (χ4v) is 4.89. The summed E-state index contributed by atoms with van der Waals surface area (Å²) in [5, 5.41) is 2.51. The van der Waals surface area contributed by atoms with Gasteiger partial charge in [-0.1, -0.05) is 37.2 Å². The number of para-hydroxylation sites is 1. The van der Waals surface area contributed by atoms with Gasteiger partial charge >= 0.3 is 0 Å². The number of aromatic nitrogens is 1. The molecule has 0 saturated heterocycles. The van der Waals surface area contributed by atoms with Crippen molar-refractivity contribution in [3.8, 4) is 5.75 Å².